The maximum Gasteiger partial charge on any atom is 0.417 e. The Kier molecular flexibility index (Phi) is 5.73. The molecule has 1 aromatic carbocycles. The van der Waals surface area contributed by atoms with Crippen LogP contribution in [0.5, 0.6) is 0 Å². The Morgan fingerprint density at radius 1 is 1.17 bits per heavy atom. The molecule has 1 N–H and O–H groups in total. The van der Waals surface area contributed by atoms with Gasteiger partial charge in [-0.25, -0.2) is 14.4 Å². The fraction of sp³-hybridized carbons (Fsp3) is 0.346. The highest BCUT2D eigenvalue weighted by Crippen LogP contribution is 2.55. The molecule has 1 saturated carbocycles. The first-order chi connectivity index (χ1) is 16.7. The van der Waals surface area contributed by atoms with E-state index in [1.807, 2.05) is 49.4 Å². The van der Waals surface area contributed by atoms with Crippen molar-refractivity contribution < 1.29 is 22.4 Å². The molecule has 2 fully saturated rings. The van der Waals surface area contributed by atoms with Gasteiger partial charge in [0.15, 0.2) is 11.6 Å². The number of aromatic nitrogens is 2. The summed E-state index contributed by atoms with van der Waals surface area (Å²) in [6.07, 6.45) is -1.31. The molecule has 1 atom stereocenters. The standard InChI is InChI=1S/C26H24F4N4O/c1-16-7-8-20(17-5-3-2-4-6-17)22(33-16)24(35)34-15-25(9-10-25)12-19(34)14-32-23-21(27)11-18(13-31-23)26(28,29)30/h2-8,11,13,19H,9-10,12,14-15H2,1H3,(H,31,32). The first-order valence-electron chi connectivity index (χ1n) is 11.5. The monoisotopic (exact) mass is 484 g/mol. The predicted molar refractivity (Wildman–Crippen MR) is 123 cm³/mol. The number of halogens is 4. The Hall–Kier alpha value is -3.49. The number of nitrogens with zero attached hydrogens (tertiary/aromatic N) is 3. The smallest absolute Gasteiger partial charge is 0.366 e. The van der Waals surface area contributed by atoms with Gasteiger partial charge in [0.05, 0.1) is 5.56 Å². The molecule has 1 aliphatic heterocycles. The highest BCUT2D eigenvalue weighted by molar-refractivity contribution is 5.99. The number of aryl methyl sites for hydroxylation is 1. The molecule has 3 aromatic rings. The molecule has 1 spiro atoms. The number of carbonyl (C=O) groups is 1. The van der Waals surface area contributed by atoms with Crippen molar-refractivity contribution in [3.05, 3.63) is 77.5 Å². The molecular weight excluding hydrogens is 460 g/mol. The van der Waals surface area contributed by atoms with Gasteiger partial charge in [-0.1, -0.05) is 36.4 Å². The van der Waals surface area contributed by atoms with Crippen LogP contribution in [0.1, 0.15) is 41.0 Å². The van der Waals surface area contributed by atoms with E-state index in [4.69, 9.17) is 0 Å². The van der Waals surface area contributed by atoms with Crippen LogP contribution in [0.4, 0.5) is 23.4 Å². The lowest BCUT2D eigenvalue weighted by Crippen LogP contribution is -2.40. The normalized spacial score (nSPS) is 18.7. The van der Waals surface area contributed by atoms with Crippen LogP contribution in [-0.4, -0.2) is 39.9 Å². The van der Waals surface area contributed by atoms with Crippen LogP contribution in [0.3, 0.4) is 0 Å². The van der Waals surface area contributed by atoms with Crippen molar-refractivity contribution >= 4 is 11.7 Å². The molecule has 0 bridgehead atoms. The molecule has 1 amide bonds. The first-order valence-corrected chi connectivity index (χ1v) is 11.5. The summed E-state index contributed by atoms with van der Waals surface area (Å²) in [7, 11) is 0. The Balaban J connectivity index is 1.39. The quantitative estimate of drug-likeness (QED) is 0.471. The molecule has 0 radical (unpaired) electrons. The minimum atomic E-state index is -4.67. The summed E-state index contributed by atoms with van der Waals surface area (Å²) in [6.45, 7) is 2.58. The number of nitrogens with one attached hydrogen (secondary N) is 1. The SMILES string of the molecule is Cc1ccc(-c2ccccc2)c(C(=O)N2CC3(CC3)CC2CNc2ncc(C(F)(F)F)cc2F)n1. The maximum atomic E-state index is 14.3. The summed E-state index contributed by atoms with van der Waals surface area (Å²) in [5.74, 6) is -1.55. The average molecular weight is 484 g/mol. The van der Waals surface area contributed by atoms with Gasteiger partial charge in [-0.3, -0.25) is 4.79 Å². The van der Waals surface area contributed by atoms with Crippen LogP contribution in [0, 0.1) is 18.2 Å². The number of benzene rings is 1. The van der Waals surface area contributed by atoms with E-state index in [9.17, 15) is 22.4 Å². The van der Waals surface area contributed by atoms with E-state index < -0.39 is 17.6 Å². The van der Waals surface area contributed by atoms with Crippen LogP contribution in [0.15, 0.2) is 54.7 Å². The van der Waals surface area contributed by atoms with Gasteiger partial charge in [-0.15, -0.1) is 0 Å². The Morgan fingerprint density at radius 2 is 1.91 bits per heavy atom. The Morgan fingerprint density at radius 3 is 2.57 bits per heavy atom. The molecule has 1 unspecified atom stereocenters. The van der Waals surface area contributed by atoms with E-state index in [-0.39, 0.29) is 29.7 Å². The van der Waals surface area contributed by atoms with Crippen LogP contribution < -0.4 is 5.32 Å². The second-order valence-corrected chi connectivity index (χ2v) is 9.44. The lowest BCUT2D eigenvalue weighted by molar-refractivity contribution is -0.138. The molecule has 35 heavy (non-hydrogen) atoms. The third-order valence-electron chi connectivity index (χ3n) is 6.83. The van der Waals surface area contributed by atoms with Gasteiger partial charge in [0.25, 0.3) is 5.91 Å². The van der Waals surface area contributed by atoms with Crippen molar-refractivity contribution in [2.75, 3.05) is 18.4 Å². The number of alkyl halides is 3. The van der Waals surface area contributed by atoms with E-state index in [0.29, 0.717) is 24.5 Å². The third kappa shape index (κ3) is 4.72. The maximum absolute atomic E-state index is 14.3. The number of anilines is 1. The molecule has 2 aliphatic rings. The summed E-state index contributed by atoms with van der Waals surface area (Å²) in [5.41, 5.74) is 1.60. The molecule has 182 valence electrons. The first kappa shape index (κ1) is 23.3. The topological polar surface area (TPSA) is 58.1 Å². The molecule has 3 heterocycles. The van der Waals surface area contributed by atoms with Crippen LogP contribution in [0.2, 0.25) is 0 Å². The molecule has 5 rings (SSSR count). The fourth-order valence-corrected chi connectivity index (χ4v) is 4.77. The fourth-order valence-electron chi connectivity index (χ4n) is 4.77. The number of amides is 1. The van der Waals surface area contributed by atoms with Crippen molar-refractivity contribution in [3.63, 3.8) is 0 Å². The molecule has 2 aromatic heterocycles. The minimum Gasteiger partial charge on any atom is -0.366 e. The van der Waals surface area contributed by atoms with Gasteiger partial charge < -0.3 is 10.2 Å². The number of hydrogen-bond acceptors (Lipinski definition) is 4. The highest BCUT2D eigenvalue weighted by atomic mass is 19.4. The number of likely N-dealkylation sites (tertiary alicyclic amines) is 1. The summed E-state index contributed by atoms with van der Waals surface area (Å²) < 4.78 is 52.8. The van der Waals surface area contributed by atoms with E-state index in [0.717, 1.165) is 36.1 Å². The predicted octanol–water partition coefficient (Wildman–Crippen LogP) is 5.72. The zero-order valence-corrected chi connectivity index (χ0v) is 19.1. The largest absolute Gasteiger partial charge is 0.417 e. The van der Waals surface area contributed by atoms with Gasteiger partial charge >= 0.3 is 6.18 Å². The summed E-state index contributed by atoms with van der Waals surface area (Å²) >= 11 is 0. The zero-order chi connectivity index (χ0) is 24.8. The minimum absolute atomic E-state index is 0.0465. The molecule has 1 saturated heterocycles. The van der Waals surface area contributed by atoms with Crippen LogP contribution in [0.25, 0.3) is 11.1 Å². The van der Waals surface area contributed by atoms with E-state index in [1.165, 1.54) is 0 Å². The molecule has 1 aliphatic carbocycles. The lowest BCUT2D eigenvalue weighted by Gasteiger charge is -2.26. The second-order valence-electron chi connectivity index (χ2n) is 9.44. The molecule has 9 heteroatoms. The zero-order valence-electron chi connectivity index (χ0n) is 19.1. The van der Waals surface area contributed by atoms with E-state index in [1.54, 1.807) is 4.90 Å². The van der Waals surface area contributed by atoms with E-state index in [2.05, 4.69) is 15.3 Å². The van der Waals surface area contributed by atoms with Gasteiger partial charge in [-0.2, -0.15) is 13.2 Å². The van der Waals surface area contributed by atoms with Crippen LogP contribution in [-0.2, 0) is 6.18 Å². The lowest BCUT2D eigenvalue weighted by atomic mass is 10.0. The van der Waals surface area contributed by atoms with Crippen molar-refractivity contribution in [1.29, 1.82) is 0 Å². The van der Waals surface area contributed by atoms with Gasteiger partial charge in [0.1, 0.15) is 5.69 Å². The number of pyridine rings is 2. The van der Waals surface area contributed by atoms with Gasteiger partial charge in [0, 0.05) is 36.6 Å². The number of carbonyl (C=O) groups excluding carboxylic acids is 1. The van der Waals surface area contributed by atoms with Crippen LogP contribution >= 0.6 is 0 Å². The van der Waals surface area contributed by atoms with Gasteiger partial charge in [-0.05, 0) is 49.3 Å². The summed E-state index contributed by atoms with van der Waals surface area (Å²) in [4.78, 5) is 23.7. The number of rotatable bonds is 5. The molecule has 5 nitrogen and oxygen atoms in total. The number of hydrogen-bond donors (Lipinski definition) is 1. The average Bonchev–Trinajstić information content (AvgIpc) is 3.49. The Labute approximate surface area is 200 Å². The highest BCUT2D eigenvalue weighted by Gasteiger charge is 2.53. The van der Waals surface area contributed by atoms with E-state index >= 15 is 0 Å². The second kappa shape index (κ2) is 8.62. The summed E-state index contributed by atoms with van der Waals surface area (Å²) in [5, 5.41) is 2.83. The van der Waals surface area contributed by atoms with Crippen molar-refractivity contribution in [1.82, 2.24) is 14.9 Å². The van der Waals surface area contributed by atoms with Crippen molar-refractivity contribution in [2.45, 2.75) is 38.4 Å². The van der Waals surface area contributed by atoms with Gasteiger partial charge in [0.2, 0.25) is 0 Å². The summed E-state index contributed by atoms with van der Waals surface area (Å²) in [6, 6.07) is 13.5. The van der Waals surface area contributed by atoms with Crippen molar-refractivity contribution in [2.24, 2.45) is 5.41 Å². The van der Waals surface area contributed by atoms with Crippen molar-refractivity contribution in [3.8, 4) is 11.1 Å². The molecular formula is C26H24F4N4O. The third-order valence-corrected chi connectivity index (χ3v) is 6.83. The Bertz CT molecular complexity index is 1260.